The Bertz CT molecular complexity index is 1150. The summed E-state index contributed by atoms with van der Waals surface area (Å²) in [7, 11) is 1.26. The molecule has 4 N–H and O–H groups in total. The maximum absolute atomic E-state index is 12.8. The fourth-order valence-electron chi connectivity index (χ4n) is 2.93. The van der Waals surface area contributed by atoms with Crippen LogP contribution in [0.2, 0.25) is 0 Å². The highest BCUT2D eigenvalue weighted by Gasteiger charge is 2.27. The molecule has 32 heavy (non-hydrogen) atoms. The van der Waals surface area contributed by atoms with Crippen LogP contribution in [0.15, 0.2) is 59.5 Å². The van der Waals surface area contributed by atoms with E-state index in [9.17, 15) is 14.4 Å². The van der Waals surface area contributed by atoms with Crippen LogP contribution in [0, 0.1) is 6.92 Å². The average molecular weight is 470 g/mol. The van der Waals surface area contributed by atoms with Crippen LogP contribution in [-0.2, 0) is 9.53 Å². The van der Waals surface area contributed by atoms with E-state index >= 15 is 0 Å². The van der Waals surface area contributed by atoms with Crippen LogP contribution in [0.3, 0.4) is 0 Å². The second kappa shape index (κ2) is 10.3. The van der Waals surface area contributed by atoms with Crippen molar-refractivity contribution in [2.24, 2.45) is 0 Å². The predicted octanol–water partition coefficient (Wildman–Crippen LogP) is 4.80. The Balaban J connectivity index is 1.83. The summed E-state index contributed by atoms with van der Waals surface area (Å²) in [5.41, 5.74) is 7.66. The third-order valence-electron chi connectivity index (χ3n) is 4.55. The molecule has 1 unspecified atom stereocenters. The maximum atomic E-state index is 12.8. The van der Waals surface area contributed by atoms with Gasteiger partial charge in [-0.25, -0.2) is 4.79 Å². The average Bonchev–Trinajstić information content (AvgIpc) is 3.09. The lowest BCUT2D eigenvalue weighted by atomic mass is 10.1. The van der Waals surface area contributed by atoms with Gasteiger partial charge >= 0.3 is 5.97 Å². The second-order valence-corrected chi connectivity index (χ2v) is 9.33. The maximum Gasteiger partial charge on any atom is 0.341 e. The first-order valence-corrected chi connectivity index (χ1v) is 11.4. The van der Waals surface area contributed by atoms with E-state index in [4.69, 9.17) is 10.5 Å². The fourth-order valence-corrected chi connectivity index (χ4v) is 4.96. The number of hydrogen-bond donors (Lipinski definition) is 3. The highest BCUT2D eigenvalue weighted by molar-refractivity contribution is 8.00. The summed E-state index contributed by atoms with van der Waals surface area (Å²) in [5, 5.41) is 5.40. The molecule has 1 heterocycles. The Morgan fingerprint density at radius 1 is 1.06 bits per heavy atom. The first-order chi connectivity index (χ1) is 15.3. The van der Waals surface area contributed by atoms with Crippen molar-refractivity contribution in [3.63, 3.8) is 0 Å². The van der Waals surface area contributed by atoms with Crippen molar-refractivity contribution in [1.82, 2.24) is 0 Å². The lowest BCUT2D eigenvalue weighted by Gasteiger charge is -2.12. The molecule has 3 rings (SSSR count). The minimum Gasteiger partial charge on any atom is -0.465 e. The first kappa shape index (κ1) is 23.4. The summed E-state index contributed by atoms with van der Waals surface area (Å²) < 4.78 is 4.89. The largest absolute Gasteiger partial charge is 0.465 e. The normalized spacial score (nSPS) is 11.5. The van der Waals surface area contributed by atoms with E-state index in [1.54, 1.807) is 38.1 Å². The molecule has 9 heteroatoms. The number of esters is 1. The minimum atomic E-state index is -0.621. The standard InChI is InChI=1S/C23H23N3O4S2/c1-13-18(23(29)30-3)22(32-19(13)21(28)25-16-9-5-4-6-10-16)26-20(27)14(2)31-17-11-7-8-15(24)12-17/h4-12,14H,24H2,1-3H3,(H,25,28)(H,26,27). The highest BCUT2D eigenvalue weighted by Crippen LogP contribution is 2.35. The van der Waals surface area contributed by atoms with Gasteiger partial charge in [-0.1, -0.05) is 24.3 Å². The number of nitrogens with two attached hydrogens (primary N) is 1. The second-order valence-electron chi connectivity index (χ2n) is 6.89. The van der Waals surface area contributed by atoms with Crippen LogP contribution in [0.4, 0.5) is 16.4 Å². The van der Waals surface area contributed by atoms with Gasteiger partial charge in [0.05, 0.1) is 22.8 Å². The molecule has 0 bridgehead atoms. The first-order valence-electron chi connectivity index (χ1n) is 9.71. The summed E-state index contributed by atoms with van der Waals surface area (Å²) in [4.78, 5) is 39.2. The Morgan fingerprint density at radius 2 is 1.78 bits per heavy atom. The minimum absolute atomic E-state index is 0.171. The number of nitrogens with one attached hydrogen (secondary N) is 2. The van der Waals surface area contributed by atoms with Crippen LogP contribution >= 0.6 is 23.1 Å². The smallest absolute Gasteiger partial charge is 0.341 e. The van der Waals surface area contributed by atoms with E-state index in [1.165, 1.54) is 18.9 Å². The number of para-hydroxylation sites is 1. The number of carbonyl (C=O) groups excluding carboxylic acids is 3. The van der Waals surface area contributed by atoms with Crippen molar-refractivity contribution in [2.75, 3.05) is 23.5 Å². The van der Waals surface area contributed by atoms with Crippen molar-refractivity contribution in [2.45, 2.75) is 24.0 Å². The van der Waals surface area contributed by atoms with Crippen molar-refractivity contribution in [3.8, 4) is 0 Å². The van der Waals surface area contributed by atoms with Gasteiger partial charge < -0.3 is 21.1 Å². The van der Waals surface area contributed by atoms with Crippen LogP contribution in [0.5, 0.6) is 0 Å². The third-order valence-corrected chi connectivity index (χ3v) is 6.85. The van der Waals surface area contributed by atoms with Crippen molar-refractivity contribution < 1.29 is 19.1 Å². The van der Waals surface area contributed by atoms with Gasteiger partial charge in [-0.05, 0) is 49.7 Å². The van der Waals surface area contributed by atoms with E-state index in [1.807, 2.05) is 30.3 Å². The van der Waals surface area contributed by atoms with Crippen LogP contribution in [0.25, 0.3) is 0 Å². The molecule has 0 aliphatic rings. The molecule has 0 saturated carbocycles. The number of nitrogen functional groups attached to an aromatic ring is 1. The van der Waals surface area contributed by atoms with Gasteiger partial charge in [0.2, 0.25) is 5.91 Å². The van der Waals surface area contributed by atoms with Gasteiger partial charge in [0, 0.05) is 16.3 Å². The zero-order valence-corrected chi connectivity index (χ0v) is 19.4. The Labute approximate surface area is 194 Å². The van der Waals surface area contributed by atoms with Crippen LogP contribution < -0.4 is 16.4 Å². The van der Waals surface area contributed by atoms with E-state index in [0.29, 0.717) is 21.8 Å². The quantitative estimate of drug-likeness (QED) is 0.260. The monoisotopic (exact) mass is 469 g/mol. The number of hydrogen-bond acceptors (Lipinski definition) is 7. The molecule has 1 atom stereocenters. The topological polar surface area (TPSA) is 111 Å². The van der Waals surface area contributed by atoms with Crippen LogP contribution in [-0.4, -0.2) is 30.1 Å². The summed E-state index contributed by atoms with van der Waals surface area (Å²) in [6.45, 7) is 3.41. The molecular formula is C23H23N3O4S2. The summed E-state index contributed by atoms with van der Waals surface area (Å²) in [5.74, 6) is -1.30. The summed E-state index contributed by atoms with van der Waals surface area (Å²) in [6, 6.07) is 16.2. The Morgan fingerprint density at radius 3 is 2.44 bits per heavy atom. The molecule has 2 aromatic carbocycles. The molecule has 3 aromatic rings. The van der Waals surface area contributed by atoms with Gasteiger partial charge in [-0.3, -0.25) is 9.59 Å². The molecule has 1 aromatic heterocycles. The van der Waals surface area contributed by atoms with Gasteiger partial charge in [0.15, 0.2) is 0 Å². The molecule has 0 spiro atoms. The molecule has 0 saturated heterocycles. The van der Waals surface area contributed by atoms with Gasteiger partial charge in [-0.2, -0.15) is 0 Å². The number of carbonyl (C=O) groups is 3. The van der Waals surface area contributed by atoms with Crippen molar-refractivity contribution >= 4 is 57.3 Å². The van der Waals surface area contributed by atoms with E-state index in [2.05, 4.69) is 10.6 Å². The van der Waals surface area contributed by atoms with E-state index in [0.717, 1.165) is 16.2 Å². The molecule has 166 valence electrons. The number of rotatable bonds is 7. The number of methoxy groups -OCH3 is 1. The van der Waals surface area contributed by atoms with Crippen molar-refractivity contribution in [1.29, 1.82) is 0 Å². The zero-order chi connectivity index (χ0) is 23.3. The highest BCUT2D eigenvalue weighted by atomic mass is 32.2. The summed E-state index contributed by atoms with van der Waals surface area (Å²) in [6.07, 6.45) is 0. The number of amides is 2. The summed E-state index contributed by atoms with van der Waals surface area (Å²) >= 11 is 2.38. The number of thioether (sulfide) groups is 1. The predicted molar refractivity (Wildman–Crippen MR) is 130 cm³/mol. The van der Waals surface area contributed by atoms with Crippen LogP contribution in [0.1, 0.15) is 32.5 Å². The molecule has 0 fully saturated rings. The Kier molecular flexibility index (Phi) is 7.55. The van der Waals surface area contributed by atoms with E-state index in [-0.39, 0.29) is 22.4 Å². The SMILES string of the molecule is COC(=O)c1c(NC(=O)C(C)Sc2cccc(N)c2)sc(C(=O)Nc2ccccc2)c1C. The molecule has 7 nitrogen and oxygen atoms in total. The van der Waals surface area contributed by atoms with Crippen molar-refractivity contribution in [3.05, 3.63) is 70.6 Å². The molecule has 2 amide bonds. The number of thiophene rings is 1. The van der Waals surface area contributed by atoms with E-state index < -0.39 is 11.2 Å². The lowest BCUT2D eigenvalue weighted by molar-refractivity contribution is -0.115. The lowest BCUT2D eigenvalue weighted by Crippen LogP contribution is -2.23. The van der Waals surface area contributed by atoms with Gasteiger partial charge in [-0.15, -0.1) is 23.1 Å². The van der Waals surface area contributed by atoms with Gasteiger partial charge in [0.25, 0.3) is 5.91 Å². The molecule has 0 aliphatic heterocycles. The number of benzene rings is 2. The Hall–Kier alpha value is -3.30. The molecular weight excluding hydrogens is 446 g/mol. The molecule has 0 aliphatic carbocycles. The fraction of sp³-hybridized carbons (Fsp3) is 0.174. The van der Waals surface area contributed by atoms with Gasteiger partial charge in [0.1, 0.15) is 5.00 Å². The number of anilines is 3. The third kappa shape index (κ3) is 5.49. The zero-order valence-electron chi connectivity index (χ0n) is 17.8. The number of ether oxygens (including phenoxy) is 1. The molecule has 0 radical (unpaired) electrons.